The molecule has 1 rings (SSSR count). The van der Waals surface area contributed by atoms with Crippen LogP contribution in [0.25, 0.3) is 0 Å². The highest BCUT2D eigenvalue weighted by Crippen LogP contribution is 2.13. The maximum Gasteiger partial charge on any atom is 0.241 e. The number of amides is 1. The predicted molar refractivity (Wildman–Crippen MR) is 60.0 cm³/mol. The number of primary amides is 1. The number of hydrogen-bond donors (Lipinski definition) is 2. The minimum Gasteiger partial charge on any atom is -0.368 e. The van der Waals surface area contributed by atoms with Crippen LogP contribution in [0.5, 0.6) is 0 Å². The quantitative estimate of drug-likeness (QED) is 0.819. The monoisotopic (exact) mass is 260 g/mol. The number of carbonyl (C=O) groups excluding carboxylic acids is 1. The zero-order chi connectivity index (χ0) is 13.3. The summed E-state index contributed by atoms with van der Waals surface area (Å²) < 4.78 is 38.4. The van der Waals surface area contributed by atoms with E-state index < -0.39 is 27.3 Å². The molecule has 0 aliphatic carbocycles. The van der Waals surface area contributed by atoms with E-state index >= 15 is 0 Å². The standard InChI is InChI=1S/C10H13FN2O3S/c1-10(2,9(12)14)13-17(15,16)8-5-3-7(11)4-6-8/h3-6,13H,1-2H3,(H2,12,14). The molecule has 0 aliphatic heterocycles. The van der Waals surface area contributed by atoms with Crippen LogP contribution in [0.15, 0.2) is 29.2 Å². The largest absolute Gasteiger partial charge is 0.368 e. The fourth-order valence-corrected chi connectivity index (χ4v) is 2.44. The zero-order valence-electron chi connectivity index (χ0n) is 9.40. The third kappa shape index (κ3) is 3.24. The molecule has 1 amide bonds. The number of hydrogen-bond acceptors (Lipinski definition) is 3. The Morgan fingerprint density at radius 3 is 2.18 bits per heavy atom. The summed E-state index contributed by atoms with van der Waals surface area (Å²) in [7, 11) is -3.90. The van der Waals surface area contributed by atoms with Crippen molar-refractivity contribution in [3.63, 3.8) is 0 Å². The third-order valence-corrected chi connectivity index (χ3v) is 3.80. The average Bonchev–Trinajstić information content (AvgIpc) is 2.16. The summed E-state index contributed by atoms with van der Waals surface area (Å²) in [5.74, 6) is -1.35. The Morgan fingerprint density at radius 1 is 1.29 bits per heavy atom. The number of nitrogens with one attached hydrogen (secondary N) is 1. The predicted octanol–water partition coefficient (Wildman–Crippen LogP) is 0.368. The average molecular weight is 260 g/mol. The smallest absolute Gasteiger partial charge is 0.241 e. The molecule has 94 valence electrons. The van der Waals surface area contributed by atoms with Gasteiger partial charge in [-0.25, -0.2) is 12.8 Å². The summed E-state index contributed by atoms with van der Waals surface area (Å²) in [5.41, 5.74) is 3.64. The Bertz CT molecular complexity index is 523. The Morgan fingerprint density at radius 2 is 1.76 bits per heavy atom. The molecule has 0 atom stereocenters. The molecule has 0 unspecified atom stereocenters. The Balaban J connectivity index is 3.05. The number of benzene rings is 1. The zero-order valence-corrected chi connectivity index (χ0v) is 10.2. The molecule has 0 saturated heterocycles. The van der Waals surface area contributed by atoms with Gasteiger partial charge in [-0.15, -0.1) is 0 Å². The van der Waals surface area contributed by atoms with Crippen LogP contribution >= 0.6 is 0 Å². The maximum atomic E-state index is 12.7. The SMILES string of the molecule is CC(C)(NS(=O)(=O)c1ccc(F)cc1)C(N)=O. The highest BCUT2D eigenvalue weighted by atomic mass is 32.2. The first-order valence-corrected chi connectivity index (χ1v) is 6.23. The van der Waals surface area contributed by atoms with Crippen molar-refractivity contribution in [2.24, 2.45) is 5.73 Å². The molecule has 1 aromatic rings. The summed E-state index contributed by atoms with van der Waals surface area (Å²) >= 11 is 0. The van der Waals surface area contributed by atoms with Gasteiger partial charge in [0.25, 0.3) is 0 Å². The molecule has 0 saturated carbocycles. The number of nitrogens with two attached hydrogens (primary N) is 1. The molecule has 3 N–H and O–H groups in total. The van der Waals surface area contributed by atoms with Crippen LogP contribution < -0.4 is 10.5 Å². The Labute approximate surface area is 98.9 Å². The van der Waals surface area contributed by atoms with Crippen LogP contribution in [0.3, 0.4) is 0 Å². The minimum absolute atomic E-state index is 0.131. The minimum atomic E-state index is -3.90. The molecule has 0 fully saturated rings. The van der Waals surface area contributed by atoms with E-state index in [0.717, 1.165) is 24.3 Å². The summed E-state index contributed by atoms with van der Waals surface area (Å²) in [6.45, 7) is 2.69. The second-order valence-corrected chi connectivity index (χ2v) is 5.73. The van der Waals surface area contributed by atoms with Gasteiger partial charge in [0.1, 0.15) is 11.4 Å². The van der Waals surface area contributed by atoms with E-state index in [9.17, 15) is 17.6 Å². The first kappa shape index (κ1) is 13.6. The first-order chi connectivity index (χ1) is 7.65. The van der Waals surface area contributed by atoms with E-state index in [0.29, 0.717) is 0 Å². The van der Waals surface area contributed by atoms with Crippen molar-refractivity contribution in [3.05, 3.63) is 30.1 Å². The van der Waals surface area contributed by atoms with Crippen LogP contribution in [-0.4, -0.2) is 19.9 Å². The van der Waals surface area contributed by atoms with Crippen molar-refractivity contribution in [2.45, 2.75) is 24.3 Å². The third-order valence-electron chi connectivity index (χ3n) is 2.13. The lowest BCUT2D eigenvalue weighted by Crippen LogP contribution is -2.52. The van der Waals surface area contributed by atoms with Crippen molar-refractivity contribution in [1.82, 2.24) is 4.72 Å². The first-order valence-electron chi connectivity index (χ1n) is 4.74. The molecule has 5 nitrogen and oxygen atoms in total. The Hall–Kier alpha value is -1.47. The van der Waals surface area contributed by atoms with E-state index in [1.54, 1.807) is 0 Å². The van der Waals surface area contributed by atoms with E-state index in [-0.39, 0.29) is 4.90 Å². The molecule has 0 aliphatic rings. The summed E-state index contributed by atoms with van der Waals surface area (Å²) in [5, 5.41) is 0. The van der Waals surface area contributed by atoms with Crippen molar-refractivity contribution < 1.29 is 17.6 Å². The molecule has 0 aromatic heterocycles. The molecule has 0 heterocycles. The van der Waals surface area contributed by atoms with Crippen LogP contribution in [0.1, 0.15) is 13.8 Å². The van der Waals surface area contributed by atoms with Crippen LogP contribution in [0.4, 0.5) is 4.39 Å². The fourth-order valence-electron chi connectivity index (χ4n) is 1.06. The number of sulfonamides is 1. The van der Waals surface area contributed by atoms with Crippen LogP contribution in [-0.2, 0) is 14.8 Å². The van der Waals surface area contributed by atoms with E-state index in [1.165, 1.54) is 13.8 Å². The van der Waals surface area contributed by atoms with Crippen molar-refractivity contribution in [3.8, 4) is 0 Å². The molecule has 17 heavy (non-hydrogen) atoms. The molecule has 0 bridgehead atoms. The van der Waals surface area contributed by atoms with Crippen LogP contribution in [0, 0.1) is 5.82 Å². The number of rotatable bonds is 4. The summed E-state index contributed by atoms with van der Waals surface area (Å²) in [6, 6.07) is 4.25. The van der Waals surface area contributed by atoms with E-state index in [4.69, 9.17) is 5.73 Å². The van der Waals surface area contributed by atoms with Gasteiger partial charge in [-0.1, -0.05) is 0 Å². The van der Waals surface area contributed by atoms with Crippen molar-refractivity contribution in [2.75, 3.05) is 0 Å². The fraction of sp³-hybridized carbons (Fsp3) is 0.300. The molecule has 7 heteroatoms. The van der Waals surface area contributed by atoms with Gasteiger partial charge in [-0.05, 0) is 38.1 Å². The van der Waals surface area contributed by atoms with Crippen LogP contribution in [0.2, 0.25) is 0 Å². The van der Waals surface area contributed by atoms with Crippen molar-refractivity contribution in [1.29, 1.82) is 0 Å². The van der Waals surface area contributed by atoms with Gasteiger partial charge in [-0.2, -0.15) is 4.72 Å². The second kappa shape index (κ2) is 4.42. The normalized spacial score (nSPS) is 12.4. The molecule has 0 spiro atoms. The lowest BCUT2D eigenvalue weighted by Gasteiger charge is -2.21. The van der Waals surface area contributed by atoms with Crippen molar-refractivity contribution >= 4 is 15.9 Å². The van der Waals surface area contributed by atoms with Gasteiger partial charge < -0.3 is 5.73 Å². The Kier molecular flexibility index (Phi) is 3.53. The van der Waals surface area contributed by atoms with Gasteiger partial charge in [0.2, 0.25) is 15.9 Å². The molecule has 1 aromatic carbocycles. The maximum absolute atomic E-state index is 12.7. The van der Waals surface area contributed by atoms with Gasteiger partial charge in [0.05, 0.1) is 4.90 Å². The van der Waals surface area contributed by atoms with Gasteiger partial charge >= 0.3 is 0 Å². The number of halogens is 1. The molecular formula is C10H13FN2O3S. The highest BCUT2D eigenvalue weighted by molar-refractivity contribution is 7.89. The molecule has 0 radical (unpaired) electrons. The number of carbonyl (C=O) groups is 1. The highest BCUT2D eigenvalue weighted by Gasteiger charge is 2.31. The van der Waals surface area contributed by atoms with E-state index in [1.807, 2.05) is 0 Å². The molecular weight excluding hydrogens is 247 g/mol. The lowest BCUT2D eigenvalue weighted by molar-refractivity contribution is -0.122. The second-order valence-electron chi connectivity index (χ2n) is 4.05. The lowest BCUT2D eigenvalue weighted by atomic mass is 10.1. The van der Waals surface area contributed by atoms with Gasteiger partial charge in [0, 0.05) is 0 Å². The summed E-state index contributed by atoms with van der Waals surface area (Å²) in [6.07, 6.45) is 0. The summed E-state index contributed by atoms with van der Waals surface area (Å²) in [4.78, 5) is 10.9. The topological polar surface area (TPSA) is 89.3 Å². The van der Waals surface area contributed by atoms with E-state index in [2.05, 4.69) is 4.72 Å². The van der Waals surface area contributed by atoms with Gasteiger partial charge in [0.15, 0.2) is 0 Å². The van der Waals surface area contributed by atoms with Gasteiger partial charge in [-0.3, -0.25) is 4.79 Å².